The van der Waals surface area contributed by atoms with Crippen molar-refractivity contribution in [2.45, 2.75) is 31.3 Å². The number of hydrogen-bond acceptors (Lipinski definition) is 6. The van der Waals surface area contributed by atoms with Crippen LogP contribution in [0.5, 0.6) is 0 Å². The number of primary sulfonamides is 1. The summed E-state index contributed by atoms with van der Waals surface area (Å²) in [6.07, 6.45) is 3.26. The number of sulfonamides is 1. The van der Waals surface area contributed by atoms with Crippen LogP contribution in [0.3, 0.4) is 0 Å². The van der Waals surface area contributed by atoms with Gasteiger partial charge in [0.05, 0.1) is 4.90 Å². The highest BCUT2D eigenvalue weighted by Crippen LogP contribution is 2.35. The van der Waals surface area contributed by atoms with Gasteiger partial charge in [-0.1, -0.05) is 12.1 Å². The lowest BCUT2D eigenvalue weighted by Crippen LogP contribution is -2.25. The molecule has 29 heavy (non-hydrogen) atoms. The van der Waals surface area contributed by atoms with Crippen LogP contribution >= 0.6 is 0 Å². The number of nitrogens with zero attached hydrogens (tertiary/aromatic N) is 3. The summed E-state index contributed by atoms with van der Waals surface area (Å²) in [6.45, 7) is 5.35. The van der Waals surface area contributed by atoms with Gasteiger partial charge < -0.3 is 4.74 Å². The third kappa shape index (κ3) is 4.52. The highest BCUT2D eigenvalue weighted by atomic mass is 32.2. The van der Waals surface area contributed by atoms with E-state index in [4.69, 9.17) is 9.88 Å². The van der Waals surface area contributed by atoms with Gasteiger partial charge in [-0.05, 0) is 50.6 Å². The molecular formula is C20H22N4O4S. The van der Waals surface area contributed by atoms with Crippen molar-refractivity contribution in [3.8, 4) is 22.4 Å². The Hall–Kier alpha value is -3.04. The van der Waals surface area contributed by atoms with Gasteiger partial charge in [0.15, 0.2) is 5.69 Å². The Bertz CT molecular complexity index is 1150. The smallest absolute Gasteiger partial charge is 0.357 e. The first-order valence-corrected chi connectivity index (χ1v) is 10.4. The third-order valence-electron chi connectivity index (χ3n) is 4.06. The number of rotatable bonds is 4. The number of aromatic nitrogens is 3. The number of ether oxygens (including phenoxy) is 1. The van der Waals surface area contributed by atoms with Crippen molar-refractivity contribution in [3.63, 3.8) is 0 Å². The van der Waals surface area contributed by atoms with E-state index in [9.17, 15) is 13.2 Å². The lowest BCUT2D eigenvalue weighted by molar-refractivity contribution is 0.00585. The second-order valence-corrected chi connectivity index (χ2v) is 9.06. The predicted molar refractivity (Wildman–Crippen MR) is 108 cm³/mol. The van der Waals surface area contributed by atoms with Crippen molar-refractivity contribution in [3.05, 3.63) is 54.5 Å². The third-order valence-corrected chi connectivity index (χ3v) is 4.99. The van der Waals surface area contributed by atoms with Crippen molar-refractivity contribution >= 4 is 16.0 Å². The number of esters is 1. The van der Waals surface area contributed by atoms with E-state index in [1.807, 2.05) is 0 Å². The Labute approximate surface area is 169 Å². The molecule has 2 N–H and O–H groups in total. The maximum atomic E-state index is 12.9. The van der Waals surface area contributed by atoms with Crippen LogP contribution in [0, 0.1) is 0 Å². The molecule has 0 aliphatic heterocycles. The fraction of sp³-hybridized carbons (Fsp3) is 0.250. The number of nitrogens with two attached hydrogens (primary N) is 1. The second kappa shape index (κ2) is 7.41. The average molecular weight is 414 g/mol. The van der Waals surface area contributed by atoms with Crippen molar-refractivity contribution in [1.82, 2.24) is 14.8 Å². The van der Waals surface area contributed by atoms with Crippen LogP contribution in [0.1, 0.15) is 31.3 Å². The molecular weight excluding hydrogens is 392 g/mol. The lowest BCUT2D eigenvalue weighted by atomic mass is 9.99. The molecule has 2 heterocycles. The molecule has 3 aromatic rings. The van der Waals surface area contributed by atoms with Gasteiger partial charge in [0, 0.05) is 30.6 Å². The number of benzene rings is 1. The minimum Gasteiger partial charge on any atom is -0.455 e. The normalized spacial score (nSPS) is 12.0. The summed E-state index contributed by atoms with van der Waals surface area (Å²) >= 11 is 0. The van der Waals surface area contributed by atoms with E-state index in [-0.39, 0.29) is 10.6 Å². The maximum absolute atomic E-state index is 12.9. The fourth-order valence-corrected chi connectivity index (χ4v) is 3.40. The molecule has 0 aliphatic rings. The Balaban J connectivity index is 2.23. The highest BCUT2D eigenvalue weighted by Gasteiger charge is 2.28. The molecule has 0 bridgehead atoms. The first-order chi connectivity index (χ1) is 13.5. The summed E-state index contributed by atoms with van der Waals surface area (Å²) in [5.41, 5.74) is 2.03. The van der Waals surface area contributed by atoms with Crippen LogP contribution in [0.4, 0.5) is 0 Å². The number of pyridine rings is 1. The molecule has 0 spiro atoms. The van der Waals surface area contributed by atoms with E-state index in [0.29, 0.717) is 16.8 Å². The molecule has 0 radical (unpaired) electrons. The van der Waals surface area contributed by atoms with Crippen LogP contribution in [-0.2, 0) is 21.8 Å². The number of hydrogen-bond donors (Lipinski definition) is 1. The van der Waals surface area contributed by atoms with Crippen LogP contribution in [-0.4, -0.2) is 34.8 Å². The van der Waals surface area contributed by atoms with E-state index in [1.165, 1.54) is 16.8 Å². The first kappa shape index (κ1) is 20.7. The number of carbonyl (C=O) groups is 1. The van der Waals surface area contributed by atoms with E-state index >= 15 is 0 Å². The number of carbonyl (C=O) groups excluding carboxylic acids is 1. The minimum absolute atomic E-state index is 0.0191. The van der Waals surface area contributed by atoms with Crippen LogP contribution in [0.15, 0.2) is 53.7 Å². The van der Waals surface area contributed by atoms with Gasteiger partial charge in [-0.25, -0.2) is 18.4 Å². The highest BCUT2D eigenvalue weighted by molar-refractivity contribution is 7.89. The Morgan fingerprint density at radius 3 is 2.14 bits per heavy atom. The number of aryl methyl sites for hydroxylation is 1. The molecule has 8 nitrogen and oxygen atoms in total. The topological polar surface area (TPSA) is 117 Å². The van der Waals surface area contributed by atoms with Gasteiger partial charge in [0.25, 0.3) is 0 Å². The van der Waals surface area contributed by atoms with Crippen LogP contribution in [0.25, 0.3) is 22.4 Å². The second-order valence-electron chi connectivity index (χ2n) is 7.50. The standard InChI is InChI=1S/C20H22N4O4S/c1-20(2,3)28-19(25)18-16(13-5-7-15(8-6-13)29(21,26)27)17(23-24(18)4)14-9-11-22-12-10-14/h5-12H,1-4H3,(H2,21,26,27). The Morgan fingerprint density at radius 1 is 1.03 bits per heavy atom. The summed E-state index contributed by atoms with van der Waals surface area (Å²) in [4.78, 5) is 16.9. The van der Waals surface area contributed by atoms with E-state index < -0.39 is 21.6 Å². The van der Waals surface area contributed by atoms with E-state index in [1.54, 1.807) is 64.5 Å². The molecule has 152 valence electrons. The average Bonchev–Trinajstić information content (AvgIpc) is 2.98. The molecule has 0 saturated heterocycles. The summed E-state index contributed by atoms with van der Waals surface area (Å²) in [5.74, 6) is -0.529. The monoisotopic (exact) mass is 414 g/mol. The minimum atomic E-state index is -3.83. The maximum Gasteiger partial charge on any atom is 0.357 e. The molecule has 1 aromatic carbocycles. The SMILES string of the molecule is Cn1nc(-c2ccncc2)c(-c2ccc(S(N)(=O)=O)cc2)c1C(=O)OC(C)(C)C. The summed E-state index contributed by atoms with van der Waals surface area (Å²) in [5, 5.41) is 9.72. The first-order valence-electron chi connectivity index (χ1n) is 8.81. The molecule has 9 heteroatoms. The fourth-order valence-electron chi connectivity index (χ4n) is 2.88. The molecule has 0 aliphatic carbocycles. The molecule has 0 unspecified atom stereocenters. The quantitative estimate of drug-likeness (QED) is 0.656. The molecule has 3 rings (SSSR count). The molecule has 0 fully saturated rings. The Morgan fingerprint density at radius 2 is 1.62 bits per heavy atom. The van der Waals surface area contributed by atoms with Crippen molar-refractivity contribution in [1.29, 1.82) is 0 Å². The molecule has 0 saturated carbocycles. The molecule has 2 aromatic heterocycles. The Kier molecular flexibility index (Phi) is 5.29. The van der Waals surface area contributed by atoms with Gasteiger partial charge >= 0.3 is 5.97 Å². The van der Waals surface area contributed by atoms with Gasteiger partial charge in [-0.15, -0.1) is 0 Å². The lowest BCUT2D eigenvalue weighted by Gasteiger charge is -2.20. The summed E-state index contributed by atoms with van der Waals surface area (Å²) in [6, 6.07) is 9.54. The summed E-state index contributed by atoms with van der Waals surface area (Å²) < 4.78 is 30.2. The van der Waals surface area contributed by atoms with E-state index in [2.05, 4.69) is 10.1 Å². The zero-order valence-electron chi connectivity index (χ0n) is 16.6. The largest absolute Gasteiger partial charge is 0.455 e. The predicted octanol–water partition coefficient (Wildman–Crippen LogP) is 2.75. The summed E-state index contributed by atoms with van der Waals surface area (Å²) in [7, 11) is -2.17. The van der Waals surface area contributed by atoms with E-state index in [0.717, 1.165) is 5.56 Å². The molecule has 0 atom stereocenters. The van der Waals surface area contributed by atoms with Gasteiger partial charge in [0.1, 0.15) is 11.3 Å². The van der Waals surface area contributed by atoms with Crippen molar-refractivity contribution in [2.24, 2.45) is 12.2 Å². The van der Waals surface area contributed by atoms with Gasteiger partial charge in [-0.3, -0.25) is 9.67 Å². The molecule has 0 amide bonds. The van der Waals surface area contributed by atoms with Crippen molar-refractivity contribution in [2.75, 3.05) is 0 Å². The zero-order chi connectivity index (χ0) is 21.4. The van der Waals surface area contributed by atoms with Gasteiger partial charge in [-0.2, -0.15) is 5.10 Å². The van der Waals surface area contributed by atoms with Crippen LogP contribution in [0.2, 0.25) is 0 Å². The van der Waals surface area contributed by atoms with Crippen LogP contribution < -0.4 is 5.14 Å². The van der Waals surface area contributed by atoms with Crippen molar-refractivity contribution < 1.29 is 17.9 Å². The van der Waals surface area contributed by atoms with Gasteiger partial charge in [0.2, 0.25) is 10.0 Å². The zero-order valence-corrected chi connectivity index (χ0v) is 17.4.